The predicted octanol–water partition coefficient (Wildman–Crippen LogP) is 2.80. The van der Waals surface area contributed by atoms with Gasteiger partial charge in [-0.05, 0) is 31.4 Å². The van der Waals surface area contributed by atoms with Crippen LogP contribution in [0.4, 0.5) is 0 Å². The zero-order valence-electron chi connectivity index (χ0n) is 16.2. The fourth-order valence-corrected chi connectivity index (χ4v) is 4.76. The molecule has 0 unspecified atom stereocenters. The number of benzene rings is 1. The standard InChI is InChI=1S/C22H26N4O2/c1-15-4-5-20(19-3-2-7-23-21(15)19)22-24-8-9-26(22)16-11-17-14-28-18(6-10-27)13-25(17)12-16/h2-5,7-9,16-18,27H,6,10-14H2,1H3/t16-,17-,18-/m0/s1. The summed E-state index contributed by atoms with van der Waals surface area (Å²) in [6, 6.07) is 9.26. The molecule has 0 aliphatic carbocycles. The van der Waals surface area contributed by atoms with E-state index < -0.39 is 0 Å². The van der Waals surface area contributed by atoms with Crippen molar-refractivity contribution in [3.63, 3.8) is 0 Å². The Hall–Kier alpha value is -2.28. The van der Waals surface area contributed by atoms with Crippen LogP contribution in [0, 0.1) is 6.92 Å². The fourth-order valence-electron chi connectivity index (χ4n) is 4.76. The minimum atomic E-state index is 0.148. The second kappa shape index (κ2) is 7.28. The van der Waals surface area contributed by atoms with Gasteiger partial charge in [0.1, 0.15) is 5.82 Å². The molecule has 1 aromatic carbocycles. The summed E-state index contributed by atoms with van der Waals surface area (Å²) in [5.41, 5.74) is 3.36. The highest BCUT2D eigenvalue weighted by molar-refractivity contribution is 5.94. The van der Waals surface area contributed by atoms with E-state index in [1.165, 1.54) is 5.56 Å². The molecule has 2 aromatic heterocycles. The quantitative estimate of drug-likeness (QED) is 0.756. The largest absolute Gasteiger partial charge is 0.396 e. The first kappa shape index (κ1) is 17.8. The number of fused-ring (bicyclic) bond motifs is 2. The topological polar surface area (TPSA) is 63.4 Å². The smallest absolute Gasteiger partial charge is 0.140 e. The summed E-state index contributed by atoms with van der Waals surface area (Å²) >= 11 is 0. The number of aryl methyl sites for hydroxylation is 1. The maximum absolute atomic E-state index is 9.21. The minimum absolute atomic E-state index is 0.148. The number of aliphatic hydroxyl groups is 1. The van der Waals surface area contributed by atoms with Crippen molar-refractivity contribution in [3.05, 3.63) is 48.4 Å². The first-order valence-electron chi connectivity index (χ1n) is 10.1. The summed E-state index contributed by atoms with van der Waals surface area (Å²) in [7, 11) is 0. The molecule has 146 valence electrons. The summed E-state index contributed by atoms with van der Waals surface area (Å²) in [6.07, 6.45) is 7.79. The van der Waals surface area contributed by atoms with Gasteiger partial charge in [-0.3, -0.25) is 9.88 Å². The van der Waals surface area contributed by atoms with Crippen LogP contribution in [0.15, 0.2) is 42.9 Å². The number of imidazole rings is 1. The van der Waals surface area contributed by atoms with Gasteiger partial charge in [0.2, 0.25) is 0 Å². The summed E-state index contributed by atoms with van der Waals surface area (Å²) in [4.78, 5) is 11.8. The van der Waals surface area contributed by atoms with Crippen molar-refractivity contribution in [1.29, 1.82) is 0 Å². The monoisotopic (exact) mass is 378 g/mol. The molecular weight excluding hydrogens is 352 g/mol. The molecule has 2 saturated heterocycles. The van der Waals surface area contributed by atoms with Gasteiger partial charge in [0.05, 0.1) is 18.2 Å². The van der Waals surface area contributed by atoms with Crippen LogP contribution in [0.25, 0.3) is 22.3 Å². The molecule has 0 radical (unpaired) electrons. The van der Waals surface area contributed by atoms with Gasteiger partial charge >= 0.3 is 0 Å². The zero-order chi connectivity index (χ0) is 19.1. The van der Waals surface area contributed by atoms with Crippen molar-refractivity contribution in [2.24, 2.45) is 0 Å². The lowest BCUT2D eigenvalue weighted by Crippen LogP contribution is -2.46. The van der Waals surface area contributed by atoms with E-state index in [-0.39, 0.29) is 12.7 Å². The van der Waals surface area contributed by atoms with Crippen molar-refractivity contribution in [2.75, 3.05) is 26.3 Å². The molecule has 2 aliphatic heterocycles. The highest BCUT2D eigenvalue weighted by atomic mass is 16.5. The number of nitrogens with zero attached hydrogens (tertiary/aromatic N) is 4. The van der Waals surface area contributed by atoms with Gasteiger partial charge < -0.3 is 14.4 Å². The minimum Gasteiger partial charge on any atom is -0.396 e. The Labute approximate surface area is 164 Å². The Bertz CT molecular complexity index is 986. The highest BCUT2D eigenvalue weighted by Gasteiger charge is 2.38. The van der Waals surface area contributed by atoms with Gasteiger partial charge in [-0.2, -0.15) is 0 Å². The van der Waals surface area contributed by atoms with E-state index in [4.69, 9.17) is 9.72 Å². The van der Waals surface area contributed by atoms with Crippen molar-refractivity contribution in [3.8, 4) is 11.4 Å². The Morgan fingerprint density at radius 2 is 2.07 bits per heavy atom. The van der Waals surface area contributed by atoms with Crippen LogP contribution < -0.4 is 0 Å². The second-order valence-electron chi connectivity index (χ2n) is 7.95. The van der Waals surface area contributed by atoms with Crippen molar-refractivity contribution in [1.82, 2.24) is 19.4 Å². The molecule has 3 atom stereocenters. The third-order valence-electron chi connectivity index (χ3n) is 6.19. The van der Waals surface area contributed by atoms with Crippen molar-refractivity contribution in [2.45, 2.75) is 38.0 Å². The molecule has 6 nitrogen and oxygen atoms in total. The number of pyridine rings is 1. The van der Waals surface area contributed by atoms with E-state index in [0.717, 1.165) is 48.4 Å². The van der Waals surface area contributed by atoms with Crippen molar-refractivity contribution >= 4 is 10.9 Å². The number of hydrogen-bond acceptors (Lipinski definition) is 5. The lowest BCUT2D eigenvalue weighted by molar-refractivity contribution is -0.0567. The van der Waals surface area contributed by atoms with E-state index >= 15 is 0 Å². The van der Waals surface area contributed by atoms with Gasteiger partial charge in [0.15, 0.2) is 0 Å². The average Bonchev–Trinajstić information content (AvgIpc) is 3.35. The van der Waals surface area contributed by atoms with E-state index in [1.807, 2.05) is 18.5 Å². The van der Waals surface area contributed by atoms with Crippen LogP contribution in [0.2, 0.25) is 0 Å². The lowest BCUT2D eigenvalue weighted by atomic mass is 10.0. The lowest BCUT2D eigenvalue weighted by Gasteiger charge is -2.34. The molecule has 0 saturated carbocycles. The Balaban J connectivity index is 1.46. The van der Waals surface area contributed by atoms with Crippen LogP contribution in [0.5, 0.6) is 0 Å². The zero-order valence-corrected chi connectivity index (χ0v) is 16.2. The molecule has 4 heterocycles. The molecule has 3 aromatic rings. The van der Waals surface area contributed by atoms with Crippen molar-refractivity contribution < 1.29 is 9.84 Å². The van der Waals surface area contributed by atoms with Crippen LogP contribution in [0.3, 0.4) is 0 Å². The van der Waals surface area contributed by atoms with E-state index in [9.17, 15) is 5.11 Å². The van der Waals surface area contributed by atoms with Gasteiger partial charge in [-0.15, -0.1) is 0 Å². The third-order valence-corrected chi connectivity index (χ3v) is 6.19. The Kier molecular flexibility index (Phi) is 4.62. The Morgan fingerprint density at radius 3 is 2.96 bits per heavy atom. The maximum atomic E-state index is 9.21. The number of ether oxygens (including phenoxy) is 1. The van der Waals surface area contributed by atoms with E-state index in [0.29, 0.717) is 18.5 Å². The molecule has 28 heavy (non-hydrogen) atoms. The summed E-state index contributed by atoms with van der Waals surface area (Å²) in [6.45, 7) is 4.95. The Morgan fingerprint density at radius 1 is 1.14 bits per heavy atom. The first-order chi connectivity index (χ1) is 13.7. The summed E-state index contributed by atoms with van der Waals surface area (Å²) in [5.74, 6) is 1.01. The number of morpholine rings is 1. The molecule has 5 rings (SSSR count). The SMILES string of the molecule is Cc1ccc(-c2nccn2[C@H]2C[C@H]3CO[C@@H](CCO)CN3C2)c2cccnc12. The molecule has 0 bridgehead atoms. The number of hydrogen-bond donors (Lipinski definition) is 1. The van der Waals surface area contributed by atoms with Gasteiger partial charge in [0.25, 0.3) is 0 Å². The number of aliphatic hydroxyl groups excluding tert-OH is 1. The first-order valence-corrected chi connectivity index (χ1v) is 10.1. The summed E-state index contributed by atoms with van der Waals surface area (Å²) < 4.78 is 8.28. The molecule has 0 spiro atoms. The van der Waals surface area contributed by atoms with Crippen LogP contribution in [-0.2, 0) is 4.74 Å². The van der Waals surface area contributed by atoms with Crippen LogP contribution >= 0.6 is 0 Å². The molecule has 1 N–H and O–H groups in total. The molecule has 6 heteroatoms. The summed E-state index contributed by atoms with van der Waals surface area (Å²) in [5, 5.41) is 10.4. The van der Waals surface area contributed by atoms with E-state index in [1.54, 1.807) is 0 Å². The third kappa shape index (κ3) is 3.02. The highest BCUT2D eigenvalue weighted by Crippen LogP contribution is 2.35. The van der Waals surface area contributed by atoms with E-state index in [2.05, 4.69) is 45.8 Å². The predicted molar refractivity (Wildman–Crippen MR) is 108 cm³/mol. The fraction of sp³-hybridized carbons (Fsp3) is 0.455. The molecular formula is C22H26N4O2. The van der Waals surface area contributed by atoms with Gasteiger partial charge in [-0.25, -0.2) is 4.98 Å². The molecule has 0 amide bonds. The number of rotatable bonds is 4. The number of aromatic nitrogens is 3. The van der Waals surface area contributed by atoms with Crippen LogP contribution in [-0.4, -0.2) is 63.0 Å². The molecule has 2 aliphatic rings. The average molecular weight is 378 g/mol. The molecule has 2 fully saturated rings. The van der Waals surface area contributed by atoms with Crippen LogP contribution in [0.1, 0.15) is 24.4 Å². The maximum Gasteiger partial charge on any atom is 0.140 e. The normalized spacial score (nSPS) is 25.3. The van der Waals surface area contributed by atoms with Gasteiger partial charge in [0, 0.05) is 61.3 Å². The van der Waals surface area contributed by atoms with Gasteiger partial charge in [-0.1, -0.05) is 18.2 Å². The second-order valence-corrected chi connectivity index (χ2v) is 7.95.